The van der Waals surface area contributed by atoms with E-state index in [2.05, 4.69) is 25.3 Å². The standard InChI is InChI=1S/C12H25NO2/c1-4-6-11(2)12(3)13(8-10-15)7-5-9-14/h4,11-12,14-15H,1,5-10H2,2-3H3. The van der Waals surface area contributed by atoms with Gasteiger partial charge in [-0.15, -0.1) is 6.58 Å². The molecule has 0 amide bonds. The van der Waals surface area contributed by atoms with Crippen LogP contribution >= 0.6 is 0 Å². The zero-order valence-corrected chi connectivity index (χ0v) is 10.0. The topological polar surface area (TPSA) is 43.7 Å². The van der Waals surface area contributed by atoms with Gasteiger partial charge in [-0.3, -0.25) is 4.90 Å². The lowest BCUT2D eigenvalue weighted by atomic mass is 9.98. The first kappa shape index (κ1) is 14.6. The first-order valence-electron chi connectivity index (χ1n) is 5.74. The predicted octanol–water partition coefficient (Wildman–Crippen LogP) is 1.26. The Morgan fingerprint density at radius 1 is 1.20 bits per heavy atom. The first-order valence-corrected chi connectivity index (χ1v) is 5.74. The summed E-state index contributed by atoms with van der Waals surface area (Å²) in [7, 11) is 0. The predicted molar refractivity (Wildman–Crippen MR) is 63.8 cm³/mol. The summed E-state index contributed by atoms with van der Waals surface area (Å²) in [5, 5.41) is 17.8. The van der Waals surface area contributed by atoms with Gasteiger partial charge >= 0.3 is 0 Å². The second-order valence-electron chi connectivity index (χ2n) is 4.08. The molecule has 2 unspecified atom stereocenters. The van der Waals surface area contributed by atoms with E-state index in [1.165, 1.54) is 0 Å². The van der Waals surface area contributed by atoms with Crippen LogP contribution in [0.1, 0.15) is 26.7 Å². The minimum Gasteiger partial charge on any atom is -0.396 e. The average molecular weight is 215 g/mol. The SMILES string of the molecule is C=CCC(C)C(C)N(CCO)CCCO. The molecule has 0 spiro atoms. The Labute approximate surface area is 93.4 Å². The van der Waals surface area contributed by atoms with E-state index in [0.29, 0.717) is 18.5 Å². The van der Waals surface area contributed by atoms with Crippen molar-refractivity contribution in [3.8, 4) is 0 Å². The third-order valence-electron chi connectivity index (χ3n) is 2.93. The van der Waals surface area contributed by atoms with Crippen LogP contribution in [-0.4, -0.2) is 47.5 Å². The van der Waals surface area contributed by atoms with E-state index in [1.807, 2.05) is 6.08 Å². The van der Waals surface area contributed by atoms with Gasteiger partial charge in [0.2, 0.25) is 0 Å². The van der Waals surface area contributed by atoms with Crippen molar-refractivity contribution < 1.29 is 10.2 Å². The Morgan fingerprint density at radius 3 is 2.33 bits per heavy atom. The molecule has 0 aliphatic carbocycles. The van der Waals surface area contributed by atoms with Crippen LogP contribution < -0.4 is 0 Å². The molecule has 0 aromatic carbocycles. The van der Waals surface area contributed by atoms with Crippen molar-refractivity contribution in [1.82, 2.24) is 4.90 Å². The van der Waals surface area contributed by atoms with Crippen molar-refractivity contribution in [2.45, 2.75) is 32.7 Å². The molecule has 0 rings (SSSR count). The van der Waals surface area contributed by atoms with Gasteiger partial charge in [0.05, 0.1) is 6.61 Å². The summed E-state index contributed by atoms with van der Waals surface area (Å²) < 4.78 is 0. The Balaban J connectivity index is 4.12. The Bertz CT molecular complexity index is 162. The van der Waals surface area contributed by atoms with Gasteiger partial charge in [-0.05, 0) is 25.7 Å². The number of hydrogen-bond acceptors (Lipinski definition) is 3. The molecule has 0 bridgehead atoms. The van der Waals surface area contributed by atoms with Gasteiger partial charge in [0.25, 0.3) is 0 Å². The van der Waals surface area contributed by atoms with Crippen LogP contribution in [0.4, 0.5) is 0 Å². The molecular weight excluding hydrogens is 190 g/mol. The fourth-order valence-corrected chi connectivity index (χ4v) is 1.74. The minimum absolute atomic E-state index is 0.177. The summed E-state index contributed by atoms with van der Waals surface area (Å²) in [6.45, 7) is 10.0. The molecule has 0 heterocycles. The maximum atomic E-state index is 8.97. The Kier molecular flexibility index (Phi) is 8.67. The number of nitrogens with zero attached hydrogens (tertiary/aromatic N) is 1. The quantitative estimate of drug-likeness (QED) is 0.569. The van der Waals surface area contributed by atoms with E-state index in [4.69, 9.17) is 10.2 Å². The largest absolute Gasteiger partial charge is 0.396 e. The lowest BCUT2D eigenvalue weighted by molar-refractivity contribution is 0.118. The molecule has 0 radical (unpaired) electrons. The fraction of sp³-hybridized carbons (Fsp3) is 0.833. The van der Waals surface area contributed by atoms with E-state index >= 15 is 0 Å². The summed E-state index contributed by atoms with van der Waals surface area (Å²) in [6.07, 6.45) is 3.69. The molecule has 3 heteroatoms. The first-order chi connectivity index (χ1) is 7.17. The third-order valence-corrected chi connectivity index (χ3v) is 2.93. The number of aliphatic hydroxyl groups excluding tert-OH is 2. The summed E-state index contributed by atoms with van der Waals surface area (Å²) in [5.41, 5.74) is 0. The van der Waals surface area contributed by atoms with E-state index < -0.39 is 0 Å². The normalized spacial score (nSPS) is 15.3. The number of rotatable bonds is 9. The summed E-state index contributed by atoms with van der Waals surface area (Å²) >= 11 is 0. The molecule has 0 aromatic heterocycles. The van der Waals surface area contributed by atoms with Crippen LogP contribution in [0.2, 0.25) is 0 Å². The minimum atomic E-state index is 0.177. The molecule has 0 saturated carbocycles. The van der Waals surface area contributed by atoms with Gasteiger partial charge in [0.1, 0.15) is 0 Å². The van der Waals surface area contributed by atoms with Gasteiger partial charge in [-0.25, -0.2) is 0 Å². The Morgan fingerprint density at radius 2 is 1.87 bits per heavy atom. The molecule has 2 N–H and O–H groups in total. The molecule has 0 aromatic rings. The smallest absolute Gasteiger partial charge is 0.0558 e. The van der Waals surface area contributed by atoms with Gasteiger partial charge in [-0.1, -0.05) is 13.0 Å². The van der Waals surface area contributed by atoms with Gasteiger partial charge in [0, 0.05) is 25.7 Å². The van der Waals surface area contributed by atoms with Crippen molar-refractivity contribution in [3.63, 3.8) is 0 Å². The summed E-state index contributed by atoms with van der Waals surface area (Å²) in [4.78, 5) is 2.23. The van der Waals surface area contributed by atoms with Gasteiger partial charge in [-0.2, -0.15) is 0 Å². The molecule has 0 aliphatic heterocycles. The lowest BCUT2D eigenvalue weighted by Gasteiger charge is -2.32. The highest BCUT2D eigenvalue weighted by Crippen LogP contribution is 2.14. The van der Waals surface area contributed by atoms with E-state index in [-0.39, 0.29) is 13.2 Å². The molecule has 15 heavy (non-hydrogen) atoms. The monoisotopic (exact) mass is 215 g/mol. The fourth-order valence-electron chi connectivity index (χ4n) is 1.74. The molecule has 3 nitrogen and oxygen atoms in total. The van der Waals surface area contributed by atoms with Crippen LogP contribution in [-0.2, 0) is 0 Å². The molecule has 90 valence electrons. The molecule has 0 fully saturated rings. The maximum absolute atomic E-state index is 8.97. The number of aliphatic hydroxyl groups is 2. The summed E-state index contributed by atoms with van der Waals surface area (Å²) in [6, 6.07) is 0.418. The number of hydrogen-bond donors (Lipinski definition) is 2. The summed E-state index contributed by atoms with van der Waals surface area (Å²) in [5.74, 6) is 0.535. The second kappa shape index (κ2) is 8.89. The van der Waals surface area contributed by atoms with Crippen molar-refractivity contribution in [2.24, 2.45) is 5.92 Å². The van der Waals surface area contributed by atoms with Crippen molar-refractivity contribution >= 4 is 0 Å². The van der Waals surface area contributed by atoms with Crippen LogP contribution in [0.5, 0.6) is 0 Å². The highest BCUT2D eigenvalue weighted by molar-refractivity contribution is 4.79. The maximum Gasteiger partial charge on any atom is 0.0558 e. The molecule has 0 saturated heterocycles. The lowest BCUT2D eigenvalue weighted by Crippen LogP contribution is -2.40. The van der Waals surface area contributed by atoms with Crippen LogP contribution in [0, 0.1) is 5.92 Å². The zero-order chi connectivity index (χ0) is 11.7. The molecular formula is C12H25NO2. The molecule has 0 aliphatic rings. The van der Waals surface area contributed by atoms with Crippen molar-refractivity contribution in [3.05, 3.63) is 12.7 Å². The van der Waals surface area contributed by atoms with Gasteiger partial charge < -0.3 is 10.2 Å². The van der Waals surface area contributed by atoms with E-state index in [9.17, 15) is 0 Å². The molecule has 2 atom stereocenters. The Hall–Kier alpha value is -0.380. The second-order valence-corrected chi connectivity index (χ2v) is 4.08. The highest BCUT2D eigenvalue weighted by atomic mass is 16.3. The van der Waals surface area contributed by atoms with Crippen molar-refractivity contribution in [2.75, 3.05) is 26.3 Å². The van der Waals surface area contributed by atoms with Crippen LogP contribution in [0.25, 0.3) is 0 Å². The van der Waals surface area contributed by atoms with Crippen LogP contribution in [0.15, 0.2) is 12.7 Å². The number of allylic oxidation sites excluding steroid dienone is 1. The van der Waals surface area contributed by atoms with Crippen molar-refractivity contribution in [1.29, 1.82) is 0 Å². The van der Waals surface area contributed by atoms with Crippen LogP contribution in [0.3, 0.4) is 0 Å². The van der Waals surface area contributed by atoms with E-state index in [1.54, 1.807) is 0 Å². The van der Waals surface area contributed by atoms with Gasteiger partial charge in [0.15, 0.2) is 0 Å². The zero-order valence-electron chi connectivity index (χ0n) is 10.0. The van der Waals surface area contributed by atoms with E-state index in [0.717, 1.165) is 19.4 Å². The highest BCUT2D eigenvalue weighted by Gasteiger charge is 2.18. The average Bonchev–Trinajstić information content (AvgIpc) is 2.23. The third kappa shape index (κ3) is 5.92.